The lowest BCUT2D eigenvalue weighted by atomic mass is 9.86. The molecule has 2 aliphatic carbocycles. The lowest BCUT2D eigenvalue weighted by molar-refractivity contribution is 0.180. The minimum Gasteiger partial charge on any atom is -0.493 e. The van der Waals surface area contributed by atoms with Crippen LogP contribution in [0.4, 0.5) is 0 Å². The maximum atomic E-state index is 8.85. The molecule has 0 unspecified atom stereocenters. The SMILES string of the molecule is O/N=C1/CCc2cc(OCC3CCC3)ccc21. The van der Waals surface area contributed by atoms with E-state index in [1.165, 1.54) is 24.8 Å². The van der Waals surface area contributed by atoms with E-state index in [-0.39, 0.29) is 0 Å². The van der Waals surface area contributed by atoms with Gasteiger partial charge in [-0.1, -0.05) is 11.6 Å². The maximum Gasteiger partial charge on any atom is 0.119 e. The average Bonchev–Trinajstić information content (AvgIpc) is 2.69. The normalized spacial score (nSPS) is 21.3. The monoisotopic (exact) mass is 231 g/mol. The van der Waals surface area contributed by atoms with Gasteiger partial charge in [0, 0.05) is 5.56 Å². The van der Waals surface area contributed by atoms with Crippen molar-refractivity contribution in [3.05, 3.63) is 29.3 Å². The van der Waals surface area contributed by atoms with Crippen molar-refractivity contribution >= 4 is 5.71 Å². The first-order chi connectivity index (χ1) is 8.36. The Morgan fingerprint density at radius 2 is 2.18 bits per heavy atom. The third kappa shape index (κ3) is 2.02. The van der Waals surface area contributed by atoms with E-state index in [1.54, 1.807) is 0 Å². The van der Waals surface area contributed by atoms with Crippen molar-refractivity contribution < 1.29 is 9.94 Å². The van der Waals surface area contributed by atoms with Crippen LogP contribution >= 0.6 is 0 Å². The zero-order chi connectivity index (χ0) is 11.7. The summed E-state index contributed by atoms with van der Waals surface area (Å²) in [5, 5.41) is 12.2. The Balaban J connectivity index is 1.70. The Hall–Kier alpha value is -1.51. The van der Waals surface area contributed by atoms with Gasteiger partial charge in [-0.15, -0.1) is 0 Å². The van der Waals surface area contributed by atoms with Crippen molar-refractivity contribution in [3.8, 4) is 5.75 Å². The van der Waals surface area contributed by atoms with Crippen LogP contribution in [-0.2, 0) is 6.42 Å². The van der Waals surface area contributed by atoms with Crippen molar-refractivity contribution in [2.45, 2.75) is 32.1 Å². The summed E-state index contributed by atoms with van der Waals surface area (Å²) >= 11 is 0. The van der Waals surface area contributed by atoms with Crippen LogP contribution in [0.15, 0.2) is 23.4 Å². The van der Waals surface area contributed by atoms with Crippen LogP contribution < -0.4 is 4.74 Å². The highest BCUT2D eigenvalue weighted by Gasteiger charge is 2.20. The van der Waals surface area contributed by atoms with Gasteiger partial charge in [0.1, 0.15) is 5.75 Å². The van der Waals surface area contributed by atoms with Gasteiger partial charge >= 0.3 is 0 Å². The van der Waals surface area contributed by atoms with E-state index in [4.69, 9.17) is 9.94 Å². The third-order valence-corrected chi connectivity index (χ3v) is 3.85. The molecule has 90 valence electrons. The van der Waals surface area contributed by atoms with Gasteiger partial charge in [0.25, 0.3) is 0 Å². The van der Waals surface area contributed by atoms with E-state index in [1.807, 2.05) is 12.1 Å². The molecule has 0 atom stereocenters. The highest BCUT2D eigenvalue weighted by molar-refractivity contribution is 6.04. The molecule has 0 heterocycles. The summed E-state index contributed by atoms with van der Waals surface area (Å²) in [6.45, 7) is 0.847. The number of oxime groups is 1. The van der Waals surface area contributed by atoms with E-state index < -0.39 is 0 Å². The van der Waals surface area contributed by atoms with Crippen LogP contribution in [0.3, 0.4) is 0 Å². The van der Waals surface area contributed by atoms with Crippen molar-refractivity contribution in [1.29, 1.82) is 0 Å². The van der Waals surface area contributed by atoms with E-state index in [2.05, 4.69) is 11.2 Å². The first kappa shape index (κ1) is 10.6. The van der Waals surface area contributed by atoms with Gasteiger partial charge in [-0.25, -0.2) is 0 Å². The van der Waals surface area contributed by atoms with E-state index in [0.29, 0.717) is 0 Å². The highest BCUT2D eigenvalue weighted by Crippen LogP contribution is 2.29. The van der Waals surface area contributed by atoms with Gasteiger partial charge in [0.05, 0.1) is 12.3 Å². The number of aryl methyl sites for hydroxylation is 1. The number of hydrogen-bond acceptors (Lipinski definition) is 3. The molecule has 1 aromatic rings. The fraction of sp³-hybridized carbons (Fsp3) is 0.500. The molecule has 1 fully saturated rings. The molecule has 3 rings (SSSR count). The number of hydrogen-bond donors (Lipinski definition) is 1. The molecule has 0 amide bonds. The molecule has 0 aromatic heterocycles. The molecular weight excluding hydrogens is 214 g/mol. The van der Waals surface area contributed by atoms with E-state index in [9.17, 15) is 0 Å². The largest absolute Gasteiger partial charge is 0.493 e. The van der Waals surface area contributed by atoms with E-state index >= 15 is 0 Å². The third-order valence-electron chi connectivity index (χ3n) is 3.85. The fourth-order valence-electron chi connectivity index (χ4n) is 2.51. The Labute approximate surface area is 101 Å². The van der Waals surface area contributed by atoms with Crippen molar-refractivity contribution in [3.63, 3.8) is 0 Å². The molecule has 0 spiro atoms. The van der Waals surface area contributed by atoms with Crippen LogP contribution in [0.25, 0.3) is 0 Å². The summed E-state index contributed by atoms with van der Waals surface area (Å²) in [4.78, 5) is 0. The zero-order valence-electron chi connectivity index (χ0n) is 9.85. The van der Waals surface area contributed by atoms with Gasteiger partial charge < -0.3 is 9.94 Å². The number of rotatable bonds is 3. The minimum atomic E-state index is 0.762. The summed E-state index contributed by atoms with van der Waals surface area (Å²) in [7, 11) is 0. The van der Waals surface area contributed by atoms with Crippen molar-refractivity contribution in [1.82, 2.24) is 0 Å². The maximum absolute atomic E-state index is 8.85. The fourth-order valence-corrected chi connectivity index (χ4v) is 2.51. The second-order valence-electron chi connectivity index (χ2n) is 4.97. The Bertz CT molecular complexity index is 450. The van der Waals surface area contributed by atoms with Gasteiger partial charge in [0.2, 0.25) is 0 Å². The summed E-state index contributed by atoms with van der Waals surface area (Å²) in [6, 6.07) is 6.08. The molecular formula is C14H17NO2. The second-order valence-corrected chi connectivity index (χ2v) is 4.97. The lowest BCUT2D eigenvalue weighted by Crippen LogP contribution is -2.19. The summed E-state index contributed by atoms with van der Waals surface area (Å²) in [5.74, 6) is 1.72. The smallest absolute Gasteiger partial charge is 0.119 e. The lowest BCUT2D eigenvalue weighted by Gasteiger charge is -2.25. The topological polar surface area (TPSA) is 41.8 Å². The predicted octanol–water partition coefficient (Wildman–Crippen LogP) is 2.99. The molecule has 3 heteroatoms. The van der Waals surface area contributed by atoms with Crippen molar-refractivity contribution in [2.24, 2.45) is 11.1 Å². The Kier molecular flexibility index (Phi) is 2.75. The minimum absolute atomic E-state index is 0.762. The molecule has 0 saturated heterocycles. The zero-order valence-corrected chi connectivity index (χ0v) is 9.85. The standard InChI is InChI=1S/C14H17NO2/c16-15-14-7-4-11-8-12(5-6-13(11)14)17-9-10-2-1-3-10/h5-6,8,10,16H,1-4,7,9H2/b15-14-. The van der Waals surface area contributed by atoms with Crippen LogP contribution in [0, 0.1) is 5.92 Å². The molecule has 1 N–H and O–H groups in total. The van der Waals surface area contributed by atoms with Crippen LogP contribution in [-0.4, -0.2) is 17.5 Å². The van der Waals surface area contributed by atoms with Crippen LogP contribution in [0.1, 0.15) is 36.8 Å². The highest BCUT2D eigenvalue weighted by atomic mass is 16.5. The van der Waals surface area contributed by atoms with Gasteiger partial charge in [0.15, 0.2) is 0 Å². The molecule has 1 saturated carbocycles. The molecule has 0 bridgehead atoms. The van der Waals surface area contributed by atoms with Gasteiger partial charge in [-0.05, 0) is 55.4 Å². The van der Waals surface area contributed by atoms with E-state index in [0.717, 1.165) is 42.4 Å². The quantitative estimate of drug-likeness (QED) is 0.642. The van der Waals surface area contributed by atoms with Gasteiger partial charge in [-0.2, -0.15) is 0 Å². The predicted molar refractivity (Wildman–Crippen MR) is 65.9 cm³/mol. The summed E-state index contributed by atoms with van der Waals surface area (Å²) in [6.07, 6.45) is 5.76. The summed E-state index contributed by atoms with van der Waals surface area (Å²) < 4.78 is 5.80. The molecule has 3 nitrogen and oxygen atoms in total. The van der Waals surface area contributed by atoms with Crippen LogP contribution in [0.2, 0.25) is 0 Å². The number of ether oxygens (including phenoxy) is 1. The summed E-state index contributed by atoms with van der Waals surface area (Å²) in [5.41, 5.74) is 3.11. The first-order valence-corrected chi connectivity index (χ1v) is 6.34. The number of fused-ring (bicyclic) bond motifs is 1. The molecule has 0 radical (unpaired) electrons. The first-order valence-electron chi connectivity index (χ1n) is 6.34. The van der Waals surface area contributed by atoms with Gasteiger partial charge in [-0.3, -0.25) is 0 Å². The molecule has 1 aromatic carbocycles. The Morgan fingerprint density at radius 1 is 1.29 bits per heavy atom. The van der Waals surface area contributed by atoms with Crippen molar-refractivity contribution in [2.75, 3.05) is 6.61 Å². The average molecular weight is 231 g/mol. The molecule has 17 heavy (non-hydrogen) atoms. The van der Waals surface area contributed by atoms with Crippen LogP contribution in [0.5, 0.6) is 5.75 Å². The molecule has 0 aliphatic heterocycles. The number of benzene rings is 1. The number of nitrogens with zero attached hydrogens (tertiary/aromatic N) is 1. The second kappa shape index (κ2) is 4.40. The molecule has 2 aliphatic rings. The Morgan fingerprint density at radius 3 is 2.88 bits per heavy atom.